The van der Waals surface area contributed by atoms with Crippen molar-refractivity contribution in [3.8, 4) is 23.0 Å². The Bertz CT molecular complexity index is 1680. The topological polar surface area (TPSA) is 72.1 Å². The molecular formula is C29H31NO6. The Morgan fingerprint density at radius 3 is 1.97 bits per heavy atom. The first kappa shape index (κ1) is 23.9. The first-order valence-electron chi connectivity index (χ1n) is 12.2. The van der Waals surface area contributed by atoms with E-state index in [1.807, 2.05) is 58.0 Å². The van der Waals surface area contributed by atoms with E-state index in [1.165, 1.54) is 0 Å². The van der Waals surface area contributed by atoms with E-state index in [0.717, 1.165) is 32.6 Å². The minimum atomic E-state index is -0.388. The Morgan fingerprint density at radius 2 is 1.39 bits per heavy atom. The molecule has 3 aromatic carbocycles. The zero-order valence-corrected chi connectivity index (χ0v) is 21.7. The fourth-order valence-electron chi connectivity index (χ4n) is 4.96. The number of ether oxygens (including phenoxy) is 4. The van der Waals surface area contributed by atoms with Crippen molar-refractivity contribution in [1.29, 1.82) is 0 Å². The maximum absolute atomic E-state index is 13.4. The summed E-state index contributed by atoms with van der Waals surface area (Å²) in [6, 6.07) is 11.6. The molecule has 0 aliphatic rings. The number of rotatable bonds is 7. The molecule has 2 heterocycles. The molecule has 0 saturated heterocycles. The van der Waals surface area contributed by atoms with Gasteiger partial charge in [0.25, 0.3) is 0 Å². The number of nitrogens with zero attached hydrogens (tertiary/aromatic N) is 1. The van der Waals surface area contributed by atoms with Crippen molar-refractivity contribution < 1.29 is 23.4 Å². The van der Waals surface area contributed by atoms with Crippen LogP contribution in [0.4, 0.5) is 0 Å². The molecule has 2 aromatic heterocycles. The fourth-order valence-corrected chi connectivity index (χ4v) is 4.96. The first-order chi connectivity index (χ1) is 17.3. The molecule has 0 bridgehead atoms. The summed E-state index contributed by atoms with van der Waals surface area (Å²) in [5, 5.41) is 4.13. The number of methoxy groups -OCH3 is 2. The van der Waals surface area contributed by atoms with Crippen molar-refractivity contribution >= 4 is 43.5 Å². The Hall–Kier alpha value is -3.87. The van der Waals surface area contributed by atoms with E-state index in [9.17, 15) is 4.79 Å². The Labute approximate surface area is 209 Å². The van der Waals surface area contributed by atoms with Gasteiger partial charge in [-0.2, -0.15) is 0 Å². The lowest BCUT2D eigenvalue weighted by Gasteiger charge is -2.16. The summed E-state index contributed by atoms with van der Waals surface area (Å²) in [6.45, 7) is 10.6. The number of hydrogen-bond donors (Lipinski definition) is 0. The zero-order valence-electron chi connectivity index (χ0n) is 21.7. The molecule has 5 rings (SSSR count). The van der Waals surface area contributed by atoms with Gasteiger partial charge in [0, 0.05) is 28.8 Å². The second-order valence-corrected chi connectivity index (χ2v) is 9.38. The summed E-state index contributed by atoms with van der Waals surface area (Å²) in [5.41, 5.74) is 1.82. The van der Waals surface area contributed by atoms with E-state index < -0.39 is 0 Å². The highest BCUT2D eigenvalue weighted by Gasteiger charge is 2.22. The fraction of sp³-hybridized carbons (Fsp3) is 0.345. The molecule has 7 heteroatoms. The number of aromatic nitrogens is 1. The molecule has 0 spiro atoms. The van der Waals surface area contributed by atoms with E-state index in [2.05, 4.69) is 11.5 Å². The summed E-state index contributed by atoms with van der Waals surface area (Å²) >= 11 is 0. The minimum absolute atomic E-state index is 0.0118. The maximum atomic E-state index is 13.4. The van der Waals surface area contributed by atoms with Crippen molar-refractivity contribution in [2.24, 2.45) is 0 Å². The normalized spacial score (nSPS) is 11.9. The van der Waals surface area contributed by atoms with Crippen LogP contribution in [0.3, 0.4) is 0 Å². The van der Waals surface area contributed by atoms with E-state index in [-0.39, 0.29) is 17.8 Å². The number of hydrogen-bond acceptors (Lipinski definition) is 6. The molecule has 0 saturated carbocycles. The smallest absolute Gasteiger partial charge is 0.346 e. The molecular weight excluding hydrogens is 458 g/mol. The molecule has 188 valence electrons. The first-order valence-corrected chi connectivity index (χ1v) is 12.2. The van der Waals surface area contributed by atoms with Crippen molar-refractivity contribution in [1.82, 2.24) is 4.57 Å². The van der Waals surface area contributed by atoms with Gasteiger partial charge in [0.2, 0.25) is 0 Å². The highest BCUT2D eigenvalue weighted by Crippen LogP contribution is 2.42. The summed E-state index contributed by atoms with van der Waals surface area (Å²) in [7, 11) is 3.24. The van der Waals surface area contributed by atoms with Crippen LogP contribution in [0.25, 0.3) is 43.5 Å². The SMILES string of the molecule is CCn1c2c3cc(OC)c(OC(C)C)cc3ccc2c2c(=O)oc3cc(OC(C)C)c(OC)cc3c21. The van der Waals surface area contributed by atoms with Crippen LogP contribution in [0.2, 0.25) is 0 Å². The largest absolute Gasteiger partial charge is 0.493 e. The second-order valence-electron chi connectivity index (χ2n) is 9.38. The molecule has 0 fully saturated rings. The van der Waals surface area contributed by atoms with Crippen molar-refractivity contribution in [3.63, 3.8) is 0 Å². The zero-order chi connectivity index (χ0) is 25.7. The van der Waals surface area contributed by atoms with Gasteiger partial charge in [-0.3, -0.25) is 0 Å². The minimum Gasteiger partial charge on any atom is -0.493 e. The lowest BCUT2D eigenvalue weighted by atomic mass is 10.0. The van der Waals surface area contributed by atoms with Crippen LogP contribution >= 0.6 is 0 Å². The summed E-state index contributed by atoms with van der Waals surface area (Å²) < 4.78 is 31.2. The van der Waals surface area contributed by atoms with E-state index in [1.54, 1.807) is 20.3 Å². The third-order valence-electron chi connectivity index (χ3n) is 6.29. The van der Waals surface area contributed by atoms with Gasteiger partial charge in [0.15, 0.2) is 23.0 Å². The van der Waals surface area contributed by atoms with Gasteiger partial charge in [-0.15, -0.1) is 0 Å². The molecule has 5 aromatic rings. The van der Waals surface area contributed by atoms with Gasteiger partial charge in [0.1, 0.15) is 5.58 Å². The van der Waals surface area contributed by atoms with E-state index in [0.29, 0.717) is 40.5 Å². The van der Waals surface area contributed by atoms with Crippen LogP contribution in [-0.4, -0.2) is 31.0 Å². The van der Waals surface area contributed by atoms with Crippen LogP contribution in [-0.2, 0) is 6.54 Å². The van der Waals surface area contributed by atoms with Gasteiger partial charge in [-0.25, -0.2) is 4.79 Å². The van der Waals surface area contributed by atoms with Crippen molar-refractivity contribution in [2.45, 2.75) is 53.4 Å². The van der Waals surface area contributed by atoms with E-state index in [4.69, 9.17) is 23.4 Å². The third-order valence-corrected chi connectivity index (χ3v) is 6.29. The van der Waals surface area contributed by atoms with Crippen LogP contribution in [0.5, 0.6) is 23.0 Å². The lowest BCUT2D eigenvalue weighted by molar-refractivity contribution is 0.230. The standard InChI is InChI=1S/C29H31NO6/c1-8-30-27-18(10-9-17-11-24(34-15(2)3)22(32-6)12-19(17)27)26-28(30)20-13-23(33-7)25(35-16(4)5)14-21(20)36-29(26)31/h9-16H,8H2,1-7H3. The predicted molar refractivity (Wildman–Crippen MR) is 143 cm³/mol. The van der Waals surface area contributed by atoms with Gasteiger partial charge in [-0.1, -0.05) is 12.1 Å². The molecule has 0 N–H and O–H groups in total. The average molecular weight is 490 g/mol. The van der Waals surface area contributed by atoms with Gasteiger partial charge in [-0.05, 0) is 58.2 Å². The number of benzene rings is 3. The monoisotopic (exact) mass is 489 g/mol. The van der Waals surface area contributed by atoms with Gasteiger partial charge >= 0.3 is 5.63 Å². The highest BCUT2D eigenvalue weighted by atomic mass is 16.5. The van der Waals surface area contributed by atoms with E-state index >= 15 is 0 Å². The molecule has 0 amide bonds. The number of aryl methyl sites for hydroxylation is 1. The van der Waals surface area contributed by atoms with Gasteiger partial charge in [0.05, 0.1) is 42.8 Å². The molecule has 0 radical (unpaired) electrons. The van der Waals surface area contributed by atoms with Crippen LogP contribution < -0.4 is 24.6 Å². The Morgan fingerprint density at radius 1 is 0.778 bits per heavy atom. The molecule has 0 atom stereocenters. The molecule has 0 aliphatic carbocycles. The second kappa shape index (κ2) is 8.97. The quantitative estimate of drug-likeness (QED) is 0.238. The third kappa shape index (κ3) is 3.70. The summed E-state index contributed by atoms with van der Waals surface area (Å²) in [5.74, 6) is 2.45. The Kier molecular flexibility index (Phi) is 5.94. The van der Waals surface area contributed by atoms with Gasteiger partial charge < -0.3 is 27.9 Å². The molecule has 0 aliphatic heterocycles. The highest BCUT2D eigenvalue weighted by molar-refractivity contribution is 6.22. The van der Waals surface area contributed by atoms with Crippen molar-refractivity contribution in [3.05, 3.63) is 46.8 Å². The Balaban J connectivity index is 1.93. The predicted octanol–water partition coefficient (Wildman–Crippen LogP) is 6.67. The molecule has 0 unspecified atom stereocenters. The summed E-state index contributed by atoms with van der Waals surface area (Å²) in [6.07, 6.45) is -0.0440. The van der Waals surface area contributed by atoms with Crippen LogP contribution in [0.1, 0.15) is 34.6 Å². The summed E-state index contributed by atoms with van der Waals surface area (Å²) in [4.78, 5) is 13.4. The lowest BCUT2D eigenvalue weighted by Crippen LogP contribution is -2.07. The molecule has 7 nitrogen and oxygen atoms in total. The van der Waals surface area contributed by atoms with Crippen LogP contribution in [0.15, 0.2) is 45.6 Å². The number of fused-ring (bicyclic) bond motifs is 7. The van der Waals surface area contributed by atoms with Crippen molar-refractivity contribution in [2.75, 3.05) is 14.2 Å². The maximum Gasteiger partial charge on any atom is 0.346 e. The van der Waals surface area contributed by atoms with Crippen LogP contribution in [0, 0.1) is 0 Å². The average Bonchev–Trinajstić information content (AvgIpc) is 3.18. The molecule has 36 heavy (non-hydrogen) atoms.